The summed E-state index contributed by atoms with van der Waals surface area (Å²) in [4.78, 5) is 33.8. The van der Waals surface area contributed by atoms with Gasteiger partial charge in [0.25, 0.3) is 0 Å². The number of benzene rings is 1. The zero-order valence-electron chi connectivity index (χ0n) is 26.5. The second-order valence-corrected chi connectivity index (χ2v) is 13.2. The van der Waals surface area contributed by atoms with Gasteiger partial charge in [-0.2, -0.15) is 49.4 Å². The topological polar surface area (TPSA) is 87.0 Å². The summed E-state index contributed by atoms with van der Waals surface area (Å²) in [5.74, 6) is -3.43. The Morgan fingerprint density at radius 3 is 1.77 bits per heavy atom. The fraction of sp³-hybridized carbons (Fsp3) is 0.571. The number of hydrogen-bond acceptors (Lipinski definition) is 8. The van der Waals surface area contributed by atoms with E-state index in [-0.39, 0.29) is 11.3 Å². The van der Waals surface area contributed by atoms with Crippen molar-refractivity contribution in [3.05, 3.63) is 39.1 Å². The Kier molecular flexibility index (Phi) is 10.5. The molecule has 0 N–H and O–H groups in total. The summed E-state index contributed by atoms with van der Waals surface area (Å²) in [5.41, 5.74) is -8.48. The van der Waals surface area contributed by atoms with E-state index in [1.165, 1.54) is 48.5 Å². The molecule has 268 valence electrons. The molecule has 0 bridgehead atoms. The number of aliphatic imine (C=N–C) groups is 2. The number of rotatable bonds is 5. The minimum Gasteiger partial charge on any atom is -0.443 e. The Hall–Kier alpha value is -3.25. The van der Waals surface area contributed by atoms with Gasteiger partial charge in [-0.3, -0.25) is 5.01 Å². The van der Waals surface area contributed by atoms with Gasteiger partial charge in [-0.05, 0) is 67.0 Å². The maximum atomic E-state index is 14.7. The Labute approximate surface area is 278 Å². The van der Waals surface area contributed by atoms with Crippen molar-refractivity contribution >= 4 is 52.6 Å². The van der Waals surface area contributed by atoms with Crippen molar-refractivity contribution in [2.45, 2.75) is 104 Å². The van der Waals surface area contributed by atoms with Gasteiger partial charge in [-0.15, -0.1) is 0 Å². The van der Waals surface area contributed by atoms with Gasteiger partial charge in [0.1, 0.15) is 11.2 Å². The number of carbonyl (C=O) groups is 2. The normalized spacial score (nSPS) is 18.2. The lowest BCUT2D eigenvalue weighted by atomic mass is 10.0. The minimum absolute atomic E-state index is 0.0347. The summed E-state index contributed by atoms with van der Waals surface area (Å²) in [6, 6.07) is -0.470. The van der Waals surface area contributed by atoms with Crippen molar-refractivity contribution in [2.24, 2.45) is 9.98 Å². The number of imide groups is 1. The summed E-state index contributed by atoms with van der Waals surface area (Å²) in [7, 11) is 0. The molecule has 2 heterocycles. The Bertz CT molecular complexity index is 1540. The SMILES string of the molecule is CCC(C)(C)OC(=O)N(C(=O)OC(C)(C)C)C1=C2C(C(F)(F)F)=NC(C(F)(F)F)=NC2N(C(C)C)N1c1c(Cl)cc(C(F)(F)F)cc1Cl. The summed E-state index contributed by atoms with van der Waals surface area (Å²) < 4.78 is 138. The molecule has 2 amide bonds. The van der Waals surface area contributed by atoms with E-state index >= 15 is 0 Å². The molecule has 20 heteroatoms. The van der Waals surface area contributed by atoms with Gasteiger partial charge in [0.15, 0.2) is 17.7 Å². The van der Waals surface area contributed by atoms with Crippen LogP contribution in [0.4, 0.5) is 54.8 Å². The third kappa shape index (κ3) is 8.13. The van der Waals surface area contributed by atoms with Crippen molar-refractivity contribution in [3.63, 3.8) is 0 Å². The number of hydrazine groups is 1. The summed E-state index contributed by atoms with van der Waals surface area (Å²) in [6.07, 6.45) is -21.8. The van der Waals surface area contributed by atoms with E-state index in [0.717, 1.165) is 0 Å². The van der Waals surface area contributed by atoms with Crippen molar-refractivity contribution in [2.75, 3.05) is 5.01 Å². The first-order valence-corrected chi connectivity index (χ1v) is 14.7. The summed E-state index contributed by atoms with van der Waals surface area (Å²) in [6.45, 7) is 10.9. The van der Waals surface area contributed by atoms with E-state index in [1.807, 2.05) is 0 Å². The van der Waals surface area contributed by atoms with Crippen molar-refractivity contribution in [1.82, 2.24) is 9.91 Å². The van der Waals surface area contributed by atoms with Gasteiger partial charge >= 0.3 is 30.7 Å². The molecule has 1 aromatic carbocycles. The molecule has 1 atom stereocenters. The van der Waals surface area contributed by atoms with Crippen molar-refractivity contribution in [1.29, 1.82) is 0 Å². The molecule has 48 heavy (non-hydrogen) atoms. The van der Waals surface area contributed by atoms with Crippen LogP contribution in [-0.2, 0) is 15.7 Å². The largest absolute Gasteiger partial charge is 0.451 e. The summed E-state index contributed by atoms with van der Waals surface area (Å²) in [5, 5.41) is -0.528. The fourth-order valence-corrected chi connectivity index (χ4v) is 5.03. The van der Waals surface area contributed by atoms with E-state index in [9.17, 15) is 49.1 Å². The molecule has 9 nitrogen and oxygen atoms in total. The zero-order valence-corrected chi connectivity index (χ0v) is 28.1. The molecule has 0 aliphatic carbocycles. The van der Waals surface area contributed by atoms with Crippen LogP contribution in [0.15, 0.2) is 33.5 Å². The molecule has 0 saturated heterocycles. The first kappa shape index (κ1) is 39.2. The predicted octanol–water partition coefficient (Wildman–Crippen LogP) is 9.54. The average molecular weight is 742 g/mol. The number of fused-ring (bicyclic) bond motifs is 1. The number of nitrogens with zero attached hydrogens (tertiary/aromatic N) is 5. The van der Waals surface area contributed by atoms with Gasteiger partial charge < -0.3 is 9.47 Å². The average Bonchev–Trinajstić information content (AvgIpc) is 3.19. The molecule has 2 aliphatic rings. The van der Waals surface area contributed by atoms with E-state index in [0.29, 0.717) is 22.2 Å². The Balaban J connectivity index is 2.61. The maximum Gasteiger partial charge on any atom is 0.451 e. The zero-order chi connectivity index (χ0) is 37.1. The molecule has 0 saturated carbocycles. The third-order valence-electron chi connectivity index (χ3n) is 6.69. The van der Waals surface area contributed by atoms with Gasteiger partial charge in [0.05, 0.1) is 26.9 Å². The summed E-state index contributed by atoms with van der Waals surface area (Å²) >= 11 is 12.6. The highest BCUT2D eigenvalue weighted by molar-refractivity contribution is 6.39. The lowest BCUT2D eigenvalue weighted by Crippen LogP contribution is -2.52. The van der Waals surface area contributed by atoms with Gasteiger partial charge in [0.2, 0.25) is 5.84 Å². The van der Waals surface area contributed by atoms with Crippen LogP contribution < -0.4 is 5.01 Å². The van der Waals surface area contributed by atoms with Gasteiger partial charge in [-0.1, -0.05) is 30.1 Å². The Morgan fingerprint density at radius 1 is 0.875 bits per heavy atom. The molecular weight excluding hydrogens is 712 g/mol. The molecule has 0 radical (unpaired) electrons. The Morgan fingerprint density at radius 2 is 1.38 bits per heavy atom. The predicted molar refractivity (Wildman–Crippen MR) is 158 cm³/mol. The highest BCUT2D eigenvalue weighted by Crippen LogP contribution is 2.49. The van der Waals surface area contributed by atoms with Crippen molar-refractivity contribution in [3.8, 4) is 0 Å². The molecule has 0 fully saturated rings. The van der Waals surface area contributed by atoms with Crippen LogP contribution in [0, 0.1) is 0 Å². The molecule has 1 unspecified atom stereocenters. The van der Waals surface area contributed by atoms with Crippen LogP contribution in [0.3, 0.4) is 0 Å². The molecule has 2 aliphatic heterocycles. The number of alkyl halides is 9. The quantitative estimate of drug-likeness (QED) is 0.280. The maximum absolute atomic E-state index is 14.7. The van der Waals surface area contributed by atoms with Crippen LogP contribution in [0.5, 0.6) is 0 Å². The van der Waals surface area contributed by atoms with Crippen LogP contribution in [0.1, 0.15) is 67.4 Å². The van der Waals surface area contributed by atoms with Crippen LogP contribution in [0.2, 0.25) is 10.0 Å². The number of anilines is 1. The van der Waals surface area contributed by atoms with Gasteiger partial charge in [0, 0.05) is 6.04 Å². The number of amidine groups is 1. The molecule has 1 aromatic rings. The van der Waals surface area contributed by atoms with E-state index in [2.05, 4.69) is 9.98 Å². The van der Waals surface area contributed by atoms with E-state index in [4.69, 9.17) is 32.7 Å². The highest BCUT2D eigenvalue weighted by Gasteiger charge is 2.58. The molecule has 0 aromatic heterocycles. The number of ether oxygens (including phenoxy) is 2. The fourth-order valence-electron chi connectivity index (χ4n) is 4.39. The molecular formula is C28H30Cl2F9N5O4. The molecule has 3 rings (SSSR count). The number of amides is 2. The number of halogens is 11. The highest BCUT2D eigenvalue weighted by atomic mass is 35.5. The lowest BCUT2D eigenvalue weighted by molar-refractivity contribution is -0.137. The smallest absolute Gasteiger partial charge is 0.443 e. The van der Waals surface area contributed by atoms with Crippen LogP contribution in [0.25, 0.3) is 0 Å². The first-order chi connectivity index (χ1) is 21.5. The molecule has 0 spiro atoms. The third-order valence-corrected chi connectivity index (χ3v) is 7.27. The van der Waals surface area contributed by atoms with E-state index in [1.54, 1.807) is 6.92 Å². The van der Waals surface area contributed by atoms with E-state index < -0.39 is 98.4 Å². The first-order valence-electron chi connectivity index (χ1n) is 14.0. The lowest BCUT2D eigenvalue weighted by Gasteiger charge is -2.40. The standard InChI is InChI=1S/C28H30Cl2F9N5O4/c1-9-25(7,8)48-23(46)42(22(45)47-24(4,5)6)20-16-18(27(34,35)36)40-21(28(37,38)39)41-19(16)43(12(2)3)44(20)17-14(29)10-13(11-15(17)30)26(31,32)33/h10-12,19H,9H2,1-8H3. The van der Waals surface area contributed by atoms with Gasteiger partial charge in [-0.25, -0.2) is 19.6 Å². The minimum atomic E-state index is -5.69. The second kappa shape index (κ2) is 12.9. The number of hydrogen-bond donors (Lipinski definition) is 0. The number of carbonyl (C=O) groups excluding carboxylic acids is 2. The van der Waals surface area contributed by atoms with Crippen LogP contribution >= 0.6 is 23.2 Å². The second-order valence-electron chi connectivity index (χ2n) is 12.4. The monoisotopic (exact) mass is 741 g/mol. The van der Waals surface area contributed by atoms with Crippen LogP contribution in [-0.4, -0.2) is 69.4 Å². The van der Waals surface area contributed by atoms with Crippen molar-refractivity contribution < 1.29 is 58.6 Å².